The topological polar surface area (TPSA) is 71.2 Å². The number of fused-ring (bicyclic) bond motifs is 1. The van der Waals surface area contributed by atoms with Crippen LogP contribution in [0.25, 0.3) is 17.0 Å². The van der Waals surface area contributed by atoms with Crippen molar-refractivity contribution in [3.63, 3.8) is 0 Å². The zero-order chi connectivity index (χ0) is 23.5. The maximum atomic E-state index is 13.1. The number of benzene rings is 1. The Bertz CT molecular complexity index is 1080. The van der Waals surface area contributed by atoms with E-state index >= 15 is 0 Å². The molecular weight excluding hydrogens is 443 g/mol. The number of thioether (sulfide) groups is 1. The Kier molecular flexibility index (Phi) is 7.36. The molecule has 3 rings (SSSR count). The summed E-state index contributed by atoms with van der Waals surface area (Å²) >= 11 is 1.65. The second kappa shape index (κ2) is 9.68. The monoisotopic (exact) mass is 470 g/mol. The summed E-state index contributed by atoms with van der Waals surface area (Å²) in [4.78, 5) is 7.51. The SMILES string of the molecule is COc1cc[n+](-c2nc3ccc(C(F)(F)F)cc3[nH]2)c(CSCC(C)(C)OCCO)c1C. The zero-order valence-electron chi connectivity index (χ0n) is 18.4. The molecule has 0 aliphatic carbocycles. The number of imidazole rings is 1. The number of nitrogens with one attached hydrogen (secondary N) is 1. The maximum absolute atomic E-state index is 13.1. The predicted octanol–water partition coefficient (Wildman–Crippen LogP) is 4.20. The first kappa shape index (κ1) is 24.3. The van der Waals surface area contributed by atoms with Crippen LogP contribution < -0.4 is 9.30 Å². The highest BCUT2D eigenvalue weighted by molar-refractivity contribution is 7.98. The molecule has 0 fully saturated rings. The number of aromatic nitrogens is 3. The molecule has 10 heteroatoms. The van der Waals surface area contributed by atoms with Crippen LogP contribution in [0, 0.1) is 6.92 Å². The fraction of sp³-hybridized carbons (Fsp3) is 0.455. The first-order valence-electron chi connectivity index (χ1n) is 10.0. The van der Waals surface area contributed by atoms with Crippen molar-refractivity contribution in [1.29, 1.82) is 0 Å². The molecule has 3 aromatic rings. The van der Waals surface area contributed by atoms with E-state index in [0.29, 0.717) is 34.2 Å². The molecular formula is C22H27F3N3O3S+. The third-order valence-electron chi connectivity index (χ3n) is 4.99. The summed E-state index contributed by atoms with van der Waals surface area (Å²) in [6.45, 7) is 6.08. The average Bonchev–Trinajstić information content (AvgIpc) is 3.15. The number of hydrogen-bond donors (Lipinski definition) is 2. The number of methoxy groups -OCH3 is 1. The highest BCUT2D eigenvalue weighted by Gasteiger charge is 2.32. The van der Waals surface area contributed by atoms with E-state index in [1.807, 2.05) is 25.3 Å². The smallest absolute Gasteiger partial charge is 0.416 e. The molecule has 0 bridgehead atoms. The van der Waals surface area contributed by atoms with Gasteiger partial charge in [-0.05, 0) is 39.0 Å². The molecule has 2 aromatic heterocycles. The zero-order valence-corrected chi connectivity index (χ0v) is 19.2. The third kappa shape index (κ3) is 5.54. The number of aromatic amines is 1. The number of nitrogens with zero attached hydrogens (tertiary/aromatic N) is 2. The number of hydrogen-bond acceptors (Lipinski definition) is 5. The van der Waals surface area contributed by atoms with Crippen molar-refractivity contribution in [2.24, 2.45) is 0 Å². The van der Waals surface area contributed by atoms with Gasteiger partial charge in [0.2, 0.25) is 0 Å². The molecule has 1 aromatic carbocycles. The molecule has 2 heterocycles. The highest BCUT2D eigenvalue weighted by Crippen LogP contribution is 2.31. The van der Waals surface area contributed by atoms with Crippen molar-refractivity contribution in [3.05, 3.63) is 47.3 Å². The molecule has 32 heavy (non-hydrogen) atoms. The summed E-state index contributed by atoms with van der Waals surface area (Å²) < 4.78 is 52.2. The summed E-state index contributed by atoms with van der Waals surface area (Å²) in [5.41, 5.74) is 1.43. The Morgan fingerprint density at radius 2 is 1.97 bits per heavy atom. The first-order valence-corrected chi connectivity index (χ1v) is 11.2. The van der Waals surface area contributed by atoms with Crippen molar-refractivity contribution in [2.45, 2.75) is 38.3 Å². The largest absolute Gasteiger partial charge is 0.496 e. The molecule has 0 radical (unpaired) electrons. The molecule has 0 saturated carbocycles. The van der Waals surface area contributed by atoms with Gasteiger partial charge in [-0.1, -0.05) is 4.98 Å². The Morgan fingerprint density at radius 1 is 1.22 bits per heavy atom. The van der Waals surface area contributed by atoms with Crippen molar-refractivity contribution in [1.82, 2.24) is 9.97 Å². The van der Waals surface area contributed by atoms with Crippen molar-refractivity contribution >= 4 is 22.8 Å². The fourth-order valence-electron chi connectivity index (χ4n) is 3.32. The lowest BCUT2D eigenvalue weighted by Gasteiger charge is -2.24. The maximum Gasteiger partial charge on any atom is 0.416 e. The molecule has 6 nitrogen and oxygen atoms in total. The molecule has 174 valence electrons. The number of aliphatic hydroxyl groups is 1. The van der Waals surface area contributed by atoms with Crippen LogP contribution in [0.5, 0.6) is 5.75 Å². The van der Waals surface area contributed by atoms with Gasteiger partial charge in [-0.3, -0.25) is 0 Å². The van der Waals surface area contributed by atoms with Gasteiger partial charge >= 0.3 is 12.1 Å². The first-order chi connectivity index (χ1) is 15.1. The van der Waals surface area contributed by atoms with E-state index in [1.54, 1.807) is 31.1 Å². The van der Waals surface area contributed by atoms with Crippen LogP contribution in [0.4, 0.5) is 13.2 Å². The predicted molar refractivity (Wildman–Crippen MR) is 117 cm³/mol. The van der Waals surface area contributed by atoms with Crippen LogP contribution in [0.15, 0.2) is 30.5 Å². The van der Waals surface area contributed by atoms with E-state index in [9.17, 15) is 13.2 Å². The molecule has 0 aliphatic heterocycles. The van der Waals surface area contributed by atoms with Crippen molar-refractivity contribution in [3.8, 4) is 11.7 Å². The van der Waals surface area contributed by atoms with Crippen LogP contribution in [0.3, 0.4) is 0 Å². The van der Waals surface area contributed by atoms with E-state index < -0.39 is 17.3 Å². The Hall–Kier alpha value is -2.30. The molecule has 0 spiro atoms. The van der Waals surface area contributed by atoms with Gasteiger partial charge in [0, 0.05) is 23.1 Å². The molecule has 0 aliphatic rings. The van der Waals surface area contributed by atoms with Crippen LogP contribution in [-0.2, 0) is 16.7 Å². The van der Waals surface area contributed by atoms with Crippen LogP contribution >= 0.6 is 11.8 Å². The van der Waals surface area contributed by atoms with Gasteiger partial charge in [0.15, 0.2) is 5.52 Å². The number of rotatable bonds is 9. The number of aliphatic hydroxyl groups excluding tert-OH is 1. The van der Waals surface area contributed by atoms with E-state index in [-0.39, 0.29) is 13.2 Å². The minimum absolute atomic E-state index is 0.0365. The lowest BCUT2D eigenvalue weighted by molar-refractivity contribution is -0.610. The van der Waals surface area contributed by atoms with Gasteiger partial charge in [-0.15, -0.1) is 0 Å². The van der Waals surface area contributed by atoms with Crippen LogP contribution in [0.1, 0.15) is 30.7 Å². The van der Waals surface area contributed by atoms with E-state index in [4.69, 9.17) is 14.6 Å². The summed E-state index contributed by atoms with van der Waals surface area (Å²) in [5, 5.41) is 8.99. The quantitative estimate of drug-likeness (QED) is 0.459. The van der Waals surface area contributed by atoms with Gasteiger partial charge in [0.25, 0.3) is 0 Å². The Balaban J connectivity index is 1.93. The number of ether oxygens (including phenoxy) is 2. The van der Waals surface area contributed by atoms with E-state index in [0.717, 1.165) is 23.4 Å². The molecule has 0 saturated heterocycles. The second-order valence-corrected chi connectivity index (χ2v) is 8.93. The minimum atomic E-state index is -4.42. The minimum Gasteiger partial charge on any atom is -0.496 e. The molecule has 0 unspecified atom stereocenters. The standard InChI is InChI=1S/C22H27F3N3O3S/c1-14-18(12-32-13-21(2,3)31-10-9-29)28(8-7-19(14)30-4)20-26-16-6-5-15(22(23,24)25)11-17(16)27-20/h5-8,11,29H,9-10,12-13H2,1-4H3,(H,26,27)/q+1. The lowest BCUT2D eigenvalue weighted by atomic mass is 10.2. The average molecular weight is 471 g/mol. The fourth-order valence-corrected chi connectivity index (χ4v) is 4.55. The third-order valence-corrected chi connectivity index (χ3v) is 6.36. The van der Waals surface area contributed by atoms with Crippen LogP contribution in [-0.4, -0.2) is 46.8 Å². The molecule has 0 atom stereocenters. The Labute approximate surface area is 188 Å². The number of pyridine rings is 1. The van der Waals surface area contributed by atoms with Crippen molar-refractivity contribution in [2.75, 3.05) is 26.1 Å². The van der Waals surface area contributed by atoms with E-state index in [2.05, 4.69) is 9.97 Å². The second-order valence-electron chi connectivity index (χ2n) is 7.94. The molecule has 2 N–H and O–H groups in total. The van der Waals surface area contributed by atoms with Crippen molar-refractivity contribution < 1.29 is 32.3 Å². The number of halogens is 3. The van der Waals surface area contributed by atoms with Gasteiger partial charge in [0.05, 0.1) is 37.7 Å². The summed E-state index contributed by atoms with van der Waals surface area (Å²) in [7, 11) is 1.59. The van der Waals surface area contributed by atoms with E-state index in [1.165, 1.54) is 6.07 Å². The summed E-state index contributed by atoms with van der Waals surface area (Å²) in [6, 6.07) is 5.26. The highest BCUT2D eigenvalue weighted by atomic mass is 32.2. The Morgan fingerprint density at radius 3 is 2.62 bits per heavy atom. The number of alkyl halides is 3. The van der Waals surface area contributed by atoms with Gasteiger partial charge in [-0.25, -0.2) is 9.55 Å². The normalized spacial score (nSPS) is 12.5. The number of H-pyrrole nitrogens is 1. The van der Waals surface area contributed by atoms with Gasteiger partial charge in [-0.2, -0.15) is 24.9 Å². The summed E-state index contributed by atoms with van der Waals surface area (Å²) in [5.74, 6) is 2.41. The van der Waals surface area contributed by atoms with Gasteiger partial charge < -0.3 is 14.6 Å². The van der Waals surface area contributed by atoms with Gasteiger partial charge in [0.1, 0.15) is 17.0 Å². The van der Waals surface area contributed by atoms with Crippen LogP contribution in [0.2, 0.25) is 0 Å². The lowest BCUT2D eigenvalue weighted by Crippen LogP contribution is -2.38. The molecule has 0 amide bonds. The summed E-state index contributed by atoms with van der Waals surface area (Å²) in [6.07, 6.45) is -2.63.